The number of aromatic nitrogens is 1. The second kappa shape index (κ2) is 5.72. The average Bonchev–Trinajstić information content (AvgIpc) is 2.41. The van der Waals surface area contributed by atoms with Crippen molar-refractivity contribution in [3.05, 3.63) is 33.1 Å². The van der Waals surface area contributed by atoms with Crippen molar-refractivity contribution >= 4 is 23.2 Å². The molecule has 2 heterocycles. The van der Waals surface area contributed by atoms with E-state index in [4.69, 9.17) is 11.6 Å². The van der Waals surface area contributed by atoms with Gasteiger partial charge < -0.3 is 10.0 Å². The highest BCUT2D eigenvalue weighted by atomic mass is 35.5. The Labute approximate surface area is 120 Å². The minimum absolute atomic E-state index is 0.0180. The van der Waals surface area contributed by atoms with Gasteiger partial charge >= 0.3 is 0 Å². The van der Waals surface area contributed by atoms with Crippen LogP contribution in [-0.4, -0.2) is 45.0 Å². The van der Waals surface area contributed by atoms with E-state index >= 15 is 0 Å². The van der Waals surface area contributed by atoms with Gasteiger partial charge in [-0.15, -0.1) is 0 Å². The number of piperidine rings is 1. The molecule has 20 heavy (non-hydrogen) atoms. The lowest BCUT2D eigenvalue weighted by molar-refractivity contribution is -0.385. The van der Waals surface area contributed by atoms with Gasteiger partial charge in [-0.25, -0.2) is 4.98 Å². The van der Waals surface area contributed by atoms with Gasteiger partial charge in [0.15, 0.2) is 0 Å². The fourth-order valence-corrected chi connectivity index (χ4v) is 2.36. The van der Waals surface area contributed by atoms with Gasteiger partial charge in [0.1, 0.15) is 11.3 Å². The molecule has 8 heteroatoms. The Kier molecular flexibility index (Phi) is 4.20. The third-order valence-corrected chi connectivity index (χ3v) is 3.71. The average molecular weight is 300 g/mol. The summed E-state index contributed by atoms with van der Waals surface area (Å²) < 4.78 is 0. The first kappa shape index (κ1) is 14.7. The van der Waals surface area contributed by atoms with Gasteiger partial charge in [0, 0.05) is 19.2 Å². The molecule has 2 atom stereocenters. The molecule has 0 aromatic carbocycles. The Bertz CT molecular complexity index is 552. The number of pyridine rings is 1. The first-order valence-corrected chi connectivity index (χ1v) is 6.55. The van der Waals surface area contributed by atoms with Gasteiger partial charge in [0.25, 0.3) is 11.6 Å². The van der Waals surface area contributed by atoms with E-state index in [0.29, 0.717) is 19.5 Å². The van der Waals surface area contributed by atoms with Crippen molar-refractivity contribution in [2.45, 2.75) is 19.4 Å². The summed E-state index contributed by atoms with van der Waals surface area (Å²) in [5, 5.41) is 20.3. The van der Waals surface area contributed by atoms with Crippen LogP contribution in [0, 0.1) is 16.0 Å². The summed E-state index contributed by atoms with van der Waals surface area (Å²) in [6.07, 6.45) is 1.06. The lowest BCUT2D eigenvalue weighted by Gasteiger charge is -2.34. The molecule has 108 valence electrons. The molecule has 2 unspecified atom stereocenters. The molecule has 0 radical (unpaired) electrons. The van der Waals surface area contributed by atoms with Crippen LogP contribution in [-0.2, 0) is 0 Å². The summed E-state index contributed by atoms with van der Waals surface area (Å²) in [5.74, 6) is -0.442. The van der Waals surface area contributed by atoms with E-state index in [9.17, 15) is 20.0 Å². The van der Waals surface area contributed by atoms with Crippen LogP contribution in [0.5, 0.6) is 0 Å². The van der Waals surface area contributed by atoms with Crippen molar-refractivity contribution < 1.29 is 14.8 Å². The predicted molar refractivity (Wildman–Crippen MR) is 71.6 cm³/mol. The molecule has 1 aromatic rings. The summed E-state index contributed by atoms with van der Waals surface area (Å²) in [4.78, 5) is 27.7. The summed E-state index contributed by atoms with van der Waals surface area (Å²) in [7, 11) is 0. The monoisotopic (exact) mass is 299 g/mol. The van der Waals surface area contributed by atoms with Crippen molar-refractivity contribution in [1.82, 2.24) is 9.88 Å². The van der Waals surface area contributed by atoms with E-state index in [-0.39, 0.29) is 22.3 Å². The maximum atomic E-state index is 12.3. The molecule has 0 bridgehead atoms. The maximum Gasteiger partial charge on any atom is 0.288 e. The maximum absolute atomic E-state index is 12.3. The van der Waals surface area contributed by atoms with E-state index in [2.05, 4.69) is 4.98 Å². The fraction of sp³-hybridized carbons (Fsp3) is 0.500. The topological polar surface area (TPSA) is 96.6 Å². The number of nitrogens with zero attached hydrogens (tertiary/aromatic N) is 3. The van der Waals surface area contributed by atoms with Crippen LogP contribution in [0.2, 0.25) is 5.15 Å². The van der Waals surface area contributed by atoms with E-state index < -0.39 is 16.9 Å². The zero-order valence-corrected chi connectivity index (χ0v) is 11.6. The number of carbonyl (C=O) groups is 1. The highest BCUT2D eigenvalue weighted by molar-refractivity contribution is 6.32. The van der Waals surface area contributed by atoms with Crippen molar-refractivity contribution in [3.63, 3.8) is 0 Å². The second-order valence-electron chi connectivity index (χ2n) is 4.87. The molecule has 1 aliphatic heterocycles. The number of rotatable bonds is 2. The molecule has 1 saturated heterocycles. The Morgan fingerprint density at radius 3 is 2.95 bits per heavy atom. The fourth-order valence-electron chi connectivity index (χ4n) is 2.17. The van der Waals surface area contributed by atoms with E-state index in [0.717, 1.165) is 12.3 Å². The smallest absolute Gasteiger partial charge is 0.288 e. The molecular formula is C12H14ClN3O4. The minimum Gasteiger partial charge on any atom is -0.393 e. The Morgan fingerprint density at radius 2 is 2.35 bits per heavy atom. The SMILES string of the molecule is CC1CN(C(=O)c2cc([N+](=O)[O-])cnc2Cl)CCC1O. The number of aliphatic hydroxyl groups excluding tert-OH is 1. The summed E-state index contributed by atoms with van der Waals surface area (Å²) in [5.41, 5.74) is -0.257. The molecule has 1 aromatic heterocycles. The first-order chi connectivity index (χ1) is 9.40. The molecule has 0 spiro atoms. The van der Waals surface area contributed by atoms with Crippen LogP contribution in [0.4, 0.5) is 5.69 Å². The van der Waals surface area contributed by atoms with Crippen LogP contribution >= 0.6 is 11.6 Å². The summed E-state index contributed by atoms with van der Waals surface area (Å²) >= 11 is 5.85. The standard InChI is InChI=1S/C12H14ClN3O4/c1-7-6-15(3-2-10(7)17)12(18)9-4-8(16(19)20)5-14-11(9)13/h4-5,7,10,17H,2-3,6H2,1H3. The molecule has 7 nitrogen and oxygen atoms in total. The van der Waals surface area contributed by atoms with Gasteiger partial charge in [-0.3, -0.25) is 14.9 Å². The number of likely N-dealkylation sites (tertiary alicyclic amines) is 1. The lowest BCUT2D eigenvalue weighted by Crippen LogP contribution is -2.45. The molecular weight excluding hydrogens is 286 g/mol. The van der Waals surface area contributed by atoms with Gasteiger partial charge in [0.2, 0.25) is 0 Å². The van der Waals surface area contributed by atoms with Gasteiger partial charge in [-0.05, 0) is 12.3 Å². The highest BCUT2D eigenvalue weighted by Crippen LogP contribution is 2.24. The largest absolute Gasteiger partial charge is 0.393 e. The third kappa shape index (κ3) is 2.88. The van der Waals surface area contributed by atoms with Crippen molar-refractivity contribution in [3.8, 4) is 0 Å². The van der Waals surface area contributed by atoms with Crippen LogP contribution in [0.15, 0.2) is 12.3 Å². The number of aliphatic hydroxyl groups is 1. The van der Waals surface area contributed by atoms with Crippen molar-refractivity contribution in [2.75, 3.05) is 13.1 Å². The quantitative estimate of drug-likeness (QED) is 0.507. The second-order valence-corrected chi connectivity index (χ2v) is 5.23. The van der Waals surface area contributed by atoms with Crippen molar-refractivity contribution in [1.29, 1.82) is 0 Å². The molecule has 0 saturated carbocycles. The number of hydrogen-bond donors (Lipinski definition) is 1. The number of carbonyl (C=O) groups excluding carboxylic acids is 1. The molecule has 1 N–H and O–H groups in total. The van der Waals surface area contributed by atoms with E-state index in [1.807, 2.05) is 6.92 Å². The number of amides is 1. The van der Waals surface area contributed by atoms with Crippen LogP contribution in [0.3, 0.4) is 0 Å². The van der Waals surface area contributed by atoms with Gasteiger partial charge in [-0.2, -0.15) is 0 Å². The minimum atomic E-state index is -0.622. The summed E-state index contributed by atoms with van der Waals surface area (Å²) in [6, 6.07) is 1.13. The number of nitro groups is 1. The van der Waals surface area contributed by atoms with E-state index in [1.165, 1.54) is 4.90 Å². The van der Waals surface area contributed by atoms with Crippen LogP contribution < -0.4 is 0 Å². The predicted octanol–water partition coefficient (Wildman–Crippen LogP) is 1.49. The Balaban J connectivity index is 2.25. The highest BCUT2D eigenvalue weighted by Gasteiger charge is 2.29. The van der Waals surface area contributed by atoms with Gasteiger partial charge in [0.05, 0.1) is 16.6 Å². The summed E-state index contributed by atoms with van der Waals surface area (Å²) in [6.45, 7) is 2.62. The molecule has 1 amide bonds. The number of halogens is 1. The molecule has 1 aliphatic rings. The zero-order chi connectivity index (χ0) is 14.9. The Hall–Kier alpha value is -1.73. The Morgan fingerprint density at radius 1 is 1.65 bits per heavy atom. The molecule has 0 aliphatic carbocycles. The van der Waals surface area contributed by atoms with Crippen molar-refractivity contribution in [2.24, 2.45) is 5.92 Å². The molecule has 1 fully saturated rings. The lowest BCUT2D eigenvalue weighted by atomic mass is 9.96. The zero-order valence-electron chi connectivity index (χ0n) is 10.8. The van der Waals surface area contributed by atoms with E-state index in [1.54, 1.807) is 0 Å². The first-order valence-electron chi connectivity index (χ1n) is 6.17. The molecule has 2 rings (SSSR count). The van der Waals surface area contributed by atoms with Gasteiger partial charge in [-0.1, -0.05) is 18.5 Å². The van der Waals surface area contributed by atoms with Crippen LogP contribution in [0.1, 0.15) is 23.7 Å². The third-order valence-electron chi connectivity index (χ3n) is 3.41. The number of hydrogen-bond acceptors (Lipinski definition) is 5. The van der Waals surface area contributed by atoms with Crippen LogP contribution in [0.25, 0.3) is 0 Å². The normalized spacial score (nSPS) is 22.6.